The van der Waals surface area contributed by atoms with Crippen molar-refractivity contribution < 1.29 is 19.0 Å². The van der Waals surface area contributed by atoms with Crippen molar-refractivity contribution in [1.82, 2.24) is 9.88 Å². The molecule has 0 N–H and O–H groups in total. The summed E-state index contributed by atoms with van der Waals surface area (Å²) in [6.07, 6.45) is 3.69. The molecule has 1 aliphatic heterocycles. The number of amides is 1. The lowest BCUT2D eigenvalue weighted by Crippen LogP contribution is -2.50. The number of nitrogens with zero attached hydrogens (tertiary/aromatic N) is 3. The summed E-state index contributed by atoms with van der Waals surface area (Å²) in [6.45, 7) is 9.08. The number of carbonyl (C=O) groups is 1. The van der Waals surface area contributed by atoms with Crippen LogP contribution in [0.3, 0.4) is 0 Å². The van der Waals surface area contributed by atoms with E-state index >= 15 is 0 Å². The van der Waals surface area contributed by atoms with Crippen molar-refractivity contribution in [1.29, 1.82) is 0 Å². The Bertz CT molecular complexity index is 886. The lowest BCUT2D eigenvalue weighted by atomic mass is 9.92. The van der Waals surface area contributed by atoms with Crippen molar-refractivity contribution in [2.45, 2.75) is 58.0 Å². The second-order valence-electron chi connectivity index (χ2n) is 9.44. The maximum Gasteiger partial charge on any atom is 0.410 e. The molecule has 7 heteroatoms. The minimum absolute atomic E-state index is 0.141. The Morgan fingerprint density at radius 1 is 1.03 bits per heavy atom. The van der Waals surface area contributed by atoms with Crippen LogP contribution in [0.15, 0.2) is 48.7 Å². The third-order valence-corrected chi connectivity index (χ3v) is 5.68. The van der Waals surface area contributed by atoms with Gasteiger partial charge in [-0.3, -0.25) is 0 Å². The van der Waals surface area contributed by atoms with Crippen molar-refractivity contribution in [2.75, 3.05) is 31.1 Å². The van der Waals surface area contributed by atoms with Gasteiger partial charge in [0.2, 0.25) is 5.88 Å². The molecule has 32 heavy (non-hydrogen) atoms. The summed E-state index contributed by atoms with van der Waals surface area (Å²) in [4.78, 5) is 20.7. The third-order valence-electron chi connectivity index (χ3n) is 5.68. The average molecular weight is 440 g/mol. The Labute approximate surface area is 190 Å². The van der Waals surface area contributed by atoms with E-state index in [2.05, 4.69) is 22.0 Å². The summed E-state index contributed by atoms with van der Waals surface area (Å²) < 4.78 is 17.5. The number of piperazine rings is 1. The van der Waals surface area contributed by atoms with E-state index in [4.69, 9.17) is 14.2 Å². The molecule has 0 spiro atoms. The zero-order valence-electron chi connectivity index (χ0n) is 19.2. The van der Waals surface area contributed by atoms with E-state index in [1.807, 2.05) is 51.1 Å². The van der Waals surface area contributed by atoms with E-state index in [1.165, 1.54) is 5.56 Å². The smallest absolute Gasteiger partial charge is 0.410 e. The van der Waals surface area contributed by atoms with Crippen LogP contribution in [0.5, 0.6) is 5.88 Å². The van der Waals surface area contributed by atoms with Gasteiger partial charge in [0.25, 0.3) is 0 Å². The fourth-order valence-electron chi connectivity index (χ4n) is 3.84. The summed E-state index contributed by atoms with van der Waals surface area (Å²) in [5, 5.41) is 0. The highest BCUT2D eigenvalue weighted by Gasteiger charge is 2.32. The van der Waals surface area contributed by atoms with E-state index in [1.54, 1.807) is 11.1 Å². The highest BCUT2D eigenvalue weighted by Crippen LogP contribution is 2.30. The number of aromatic nitrogens is 1. The molecule has 1 aromatic carbocycles. The van der Waals surface area contributed by atoms with Crippen LogP contribution in [-0.4, -0.2) is 60.0 Å². The molecule has 0 atom stereocenters. The van der Waals surface area contributed by atoms with Crippen LogP contribution in [-0.2, 0) is 16.1 Å². The summed E-state index contributed by atoms with van der Waals surface area (Å²) >= 11 is 0. The van der Waals surface area contributed by atoms with Crippen molar-refractivity contribution in [3.63, 3.8) is 0 Å². The van der Waals surface area contributed by atoms with Gasteiger partial charge in [-0.2, -0.15) is 0 Å². The van der Waals surface area contributed by atoms with Crippen LogP contribution in [0, 0.1) is 0 Å². The molecule has 172 valence electrons. The largest absolute Gasteiger partial charge is 0.474 e. The molecule has 2 aromatic rings. The molecule has 1 aromatic heterocycles. The fourth-order valence-corrected chi connectivity index (χ4v) is 3.84. The standard InChI is InChI=1S/C25H33N3O4/c1-25(2,3)32-24(29)28-13-11-27(12-14-28)20-9-10-26-23(15-20)31-22-16-21(17-22)30-18-19-7-5-4-6-8-19/h4-10,15,21-22H,11-14,16-18H2,1-3H3/t21-,22+. The summed E-state index contributed by atoms with van der Waals surface area (Å²) in [5.41, 5.74) is 1.78. The maximum absolute atomic E-state index is 12.3. The Balaban J connectivity index is 1.21. The molecule has 2 fully saturated rings. The Kier molecular flexibility index (Phi) is 6.84. The van der Waals surface area contributed by atoms with Gasteiger partial charge in [-0.25, -0.2) is 9.78 Å². The van der Waals surface area contributed by atoms with E-state index in [9.17, 15) is 4.79 Å². The van der Waals surface area contributed by atoms with Crippen LogP contribution >= 0.6 is 0 Å². The zero-order valence-corrected chi connectivity index (χ0v) is 19.2. The second kappa shape index (κ2) is 9.77. The highest BCUT2D eigenvalue weighted by atomic mass is 16.6. The highest BCUT2D eigenvalue weighted by molar-refractivity contribution is 5.68. The van der Waals surface area contributed by atoms with Crippen molar-refractivity contribution in [3.05, 3.63) is 54.2 Å². The molecule has 1 saturated carbocycles. The Hall–Kier alpha value is -2.80. The quantitative estimate of drug-likeness (QED) is 0.670. The molecule has 1 saturated heterocycles. The van der Waals surface area contributed by atoms with Crippen molar-refractivity contribution in [2.24, 2.45) is 0 Å². The minimum atomic E-state index is -0.474. The Morgan fingerprint density at radius 2 is 1.75 bits per heavy atom. The second-order valence-corrected chi connectivity index (χ2v) is 9.44. The summed E-state index contributed by atoms with van der Waals surface area (Å²) in [6, 6.07) is 14.2. The minimum Gasteiger partial charge on any atom is -0.474 e. The SMILES string of the molecule is CC(C)(C)OC(=O)N1CCN(c2ccnc(O[C@H]3C[C@@H](OCc4ccccc4)C3)c2)CC1. The van der Waals surface area contributed by atoms with E-state index < -0.39 is 5.60 Å². The number of ether oxygens (including phenoxy) is 3. The molecule has 1 aliphatic carbocycles. The molecular formula is C25H33N3O4. The number of pyridine rings is 1. The number of hydrogen-bond acceptors (Lipinski definition) is 6. The normalized spacial score (nSPS) is 21.1. The van der Waals surface area contributed by atoms with Crippen molar-refractivity contribution >= 4 is 11.8 Å². The first kappa shape index (κ1) is 22.4. The number of hydrogen-bond donors (Lipinski definition) is 0. The lowest BCUT2D eigenvalue weighted by Gasteiger charge is -2.37. The first-order chi connectivity index (χ1) is 15.4. The van der Waals surface area contributed by atoms with Gasteiger partial charge < -0.3 is 24.0 Å². The topological polar surface area (TPSA) is 64.1 Å². The molecule has 1 amide bonds. The van der Waals surface area contributed by atoms with Gasteiger partial charge in [0, 0.05) is 57.0 Å². The number of anilines is 1. The monoisotopic (exact) mass is 439 g/mol. The first-order valence-corrected chi connectivity index (χ1v) is 11.4. The predicted molar refractivity (Wildman–Crippen MR) is 123 cm³/mol. The van der Waals surface area contributed by atoms with Gasteiger partial charge in [-0.15, -0.1) is 0 Å². The van der Waals surface area contributed by atoms with Gasteiger partial charge in [0.05, 0.1) is 12.7 Å². The molecule has 2 aliphatic rings. The average Bonchev–Trinajstić information content (AvgIpc) is 2.75. The molecule has 0 unspecified atom stereocenters. The summed E-state index contributed by atoms with van der Waals surface area (Å²) in [5.74, 6) is 0.642. The van der Waals surface area contributed by atoms with Gasteiger partial charge in [-0.05, 0) is 32.4 Å². The summed E-state index contributed by atoms with van der Waals surface area (Å²) in [7, 11) is 0. The molecule has 0 bridgehead atoms. The maximum atomic E-state index is 12.3. The number of carbonyl (C=O) groups excluding carboxylic acids is 1. The van der Waals surface area contributed by atoms with Crippen LogP contribution in [0.1, 0.15) is 39.2 Å². The zero-order chi connectivity index (χ0) is 22.6. The third kappa shape index (κ3) is 6.13. The number of rotatable bonds is 6. The van der Waals surface area contributed by atoms with Gasteiger partial charge in [0.1, 0.15) is 11.7 Å². The van der Waals surface area contributed by atoms with Gasteiger partial charge in [-0.1, -0.05) is 30.3 Å². The molecule has 2 heterocycles. The van der Waals surface area contributed by atoms with E-state index in [0.717, 1.165) is 31.6 Å². The van der Waals surface area contributed by atoms with Gasteiger partial charge >= 0.3 is 6.09 Å². The molecule has 7 nitrogen and oxygen atoms in total. The predicted octanol–water partition coefficient (Wildman–Crippen LogP) is 4.27. The van der Waals surface area contributed by atoms with E-state index in [-0.39, 0.29) is 18.3 Å². The fraction of sp³-hybridized carbons (Fsp3) is 0.520. The Morgan fingerprint density at radius 3 is 2.44 bits per heavy atom. The first-order valence-electron chi connectivity index (χ1n) is 11.4. The van der Waals surface area contributed by atoms with Crippen LogP contribution in [0.4, 0.5) is 10.5 Å². The van der Waals surface area contributed by atoms with Crippen LogP contribution in [0.25, 0.3) is 0 Å². The van der Waals surface area contributed by atoms with Crippen molar-refractivity contribution in [3.8, 4) is 5.88 Å². The molecule has 0 radical (unpaired) electrons. The number of benzene rings is 1. The molecular weight excluding hydrogens is 406 g/mol. The van der Waals surface area contributed by atoms with E-state index in [0.29, 0.717) is 25.6 Å². The van der Waals surface area contributed by atoms with Crippen LogP contribution in [0.2, 0.25) is 0 Å². The lowest BCUT2D eigenvalue weighted by molar-refractivity contribution is -0.0694. The van der Waals surface area contributed by atoms with Gasteiger partial charge in [0.15, 0.2) is 0 Å². The molecule has 4 rings (SSSR count). The van der Waals surface area contributed by atoms with Crippen LogP contribution < -0.4 is 9.64 Å².